The van der Waals surface area contributed by atoms with E-state index in [1.54, 1.807) is 16.4 Å². The SMILES string of the molecule is O=C(C1CCN(c2ccc(S(=O)(=O)N3CCCC3)cn2)CC1)N1CCCCC1. The number of piperidine rings is 2. The zero-order chi connectivity index (χ0) is 19.6. The molecule has 3 aliphatic rings. The Bertz CT molecular complexity index is 776. The van der Waals surface area contributed by atoms with Crippen molar-refractivity contribution in [3.05, 3.63) is 18.3 Å². The summed E-state index contributed by atoms with van der Waals surface area (Å²) in [6.45, 7) is 4.59. The predicted molar refractivity (Wildman–Crippen MR) is 108 cm³/mol. The summed E-state index contributed by atoms with van der Waals surface area (Å²) in [5, 5.41) is 0. The molecule has 1 aromatic rings. The minimum atomic E-state index is -3.42. The van der Waals surface area contributed by atoms with Gasteiger partial charge in [0.15, 0.2) is 0 Å². The minimum Gasteiger partial charge on any atom is -0.357 e. The van der Waals surface area contributed by atoms with Crippen molar-refractivity contribution in [3.8, 4) is 0 Å². The van der Waals surface area contributed by atoms with Crippen molar-refractivity contribution in [2.75, 3.05) is 44.2 Å². The molecule has 0 saturated carbocycles. The molecule has 28 heavy (non-hydrogen) atoms. The number of rotatable bonds is 4. The summed E-state index contributed by atoms with van der Waals surface area (Å²) >= 11 is 0. The highest BCUT2D eigenvalue weighted by Gasteiger charge is 2.30. The fourth-order valence-electron chi connectivity index (χ4n) is 4.52. The van der Waals surface area contributed by atoms with Crippen LogP contribution in [0.25, 0.3) is 0 Å². The number of nitrogens with zero attached hydrogens (tertiary/aromatic N) is 4. The maximum atomic E-state index is 12.7. The van der Waals surface area contributed by atoms with Gasteiger partial charge in [-0.15, -0.1) is 0 Å². The molecule has 4 rings (SSSR count). The molecule has 4 heterocycles. The third-order valence-corrected chi connectivity index (χ3v) is 8.14. The maximum absolute atomic E-state index is 12.7. The summed E-state index contributed by atoms with van der Waals surface area (Å²) in [5.41, 5.74) is 0. The maximum Gasteiger partial charge on any atom is 0.244 e. The highest BCUT2D eigenvalue weighted by atomic mass is 32.2. The molecule has 3 fully saturated rings. The molecule has 1 amide bonds. The first-order valence-corrected chi connectivity index (χ1v) is 12.0. The van der Waals surface area contributed by atoms with Gasteiger partial charge in [-0.2, -0.15) is 4.31 Å². The summed E-state index contributed by atoms with van der Waals surface area (Å²) in [6.07, 6.45) is 8.50. The van der Waals surface area contributed by atoms with Crippen LogP contribution in [0.2, 0.25) is 0 Å². The number of hydrogen-bond donors (Lipinski definition) is 0. The van der Waals surface area contributed by atoms with E-state index in [0.29, 0.717) is 19.0 Å². The molecule has 8 heteroatoms. The second-order valence-corrected chi connectivity index (χ2v) is 10.0. The van der Waals surface area contributed by atoms with E-state index in [1.165, 1.54) is 12.6 Å². The molecule has 1 aromatic heterocycles. The first-order valence-electron chi connectivity index (χ1n) is 10.6. The third-order valence-electron chi connectivity index (χ3n) is 6.26. The van der Waals surface area contributed by atoms with E-state index in [9.17, 15) is 13.2 Å². The smallest absolute Gasteiger partial charge is 0.244 e. The van der Waals surface area contributed by atoms with Crippen LogP contribution in [-0.4, -0.2) is 67.8 Å². The molecular weight excluding hydrogens is 376 g/mol. The van der Waals surface area contributed by atoms with Gasteiger partial charge in [0.2, 0.25) is 15.9 Å². The zero-order valence-electron chi connectivity index (χ0n) is 16.4. The quantitative estimate of drug-likeness (QED) is 0.766. The molecule has 0 bridgehead atoms. The number of carbonyl (C=O) groups excluding carboxylic acids is 1. The predicted octanol–water partition coefficient (Wildman–Crippen LogP) is 2.10. The van der Waals surface area contributed by atoms with Crippen LogP contribution in [-0.2, 0) is 14.8 Å². The third kappa shape index (κ3) is 4.03. The minimum absolute atomic E-state index is 0.115. The molecule has 0 aromatic carbocycles. The van der Waals surface area contributed by atoms with Crippen molar-refractivity contribution < 1.29 is 13.2 Å². The van der Waals surface area contributed by atoms with E-state index < -0.39 is 10.0 Å². The van der Waals surface area contributed by atoms with Crippen LogP contribution >= 0.6 is 0 Å². The molecule has 3 aliphatic heterocycles. The highest BCUT2D eigenvalue weighted by molar-refractivity contribution is 7.89. The van der Waals surface area contributed by atoms with Gasteiger partial charge in [-0.05, 0) is 57.1 Å². The van der Waals surface area contributed by atoms with E-state index in [4.69, 9.17) is 0 Å². The molecule has 0 aliphatic carbocycles. The van der Waals surface area contributed by atoms with Gasteiger partial charge in [0.25, 0.3) is 0 Å². The van der Waals surface area contributed by atoms with Gasteiger partial charge in [0.1, 0.15) is 10.7 Å². The van der Waals surface area contributed by atoms with E-state index in [2.05, 4.69) is 9.88 Å². The highest BCUT2D eigenvalue weighted by Crippen LogP contribution is 2.26. The van der Waals surface area contributed by atoms with E-state index >= 15 is 0 Å². The Hall–Kier alpha value is -1.67. The Morgan fingerprint density at radius 1 is 0.893 bits per heavy atom. The Morgan fingerprint density at radius 3 is 2.14 bits per heavy atom. The van der Waals surface area contributed by atoms with Gasteiger partial charge >= 0.3 is 0 Å². The number of anilines is 1. The Labute approximate surface area is 167 Å². The fraction of sp³-hybridized carbons (Fsp3) is 0.700. The van der Waals surface area contributed by atoms with Crippen LogP contribution in [0.3, 0.4) is 0 Å². The normalized spacial score (nSPS) is 22.6. The van der Waals surface area contributed by atoms with Crippen LogP contribution in [0.4, 0.5) is 5.82 Å². The van der Waals surface area contributed by atoms with Crippen LogP contribution < -0.4 is 4.90 Å². The number of likely N-dealkylation sites (tertiary alicyclic amines) is 1. The van der Waals surface area contributed by atoms with Crippen molar-refractivity contribution in [2.45, 2.75) is 49.8 Å². The van der Waals surface area contributed by atoms with Gasteiger partial charge in [0.05, 0.1) is 0 Å². The number of carbonyl (C=O) groups is 1. The molecule has 3 saturated heterocycles. The molecule has 7 nitrogen and oxygen atoms in total. The van der Waals surface area contributed by atoms with Crippen LogP contribution in [0.5, 0.6) is 0 Å². The van der Waals surface area contributed by atoms with Crippen molar-refractivity contribution in [3.63, 3.8) is 0 Å². The zero-order valence-corrected chi connectivity index (χ0v) is 17.2. The molecule has 154 valence electrons. The second-order valence-electron chi connectivity index (χ2n) is 8.11. The first-order chi connectivity index (χ1) is 13.6. The average Bonchev–Trinajstić information content (AvgIpc) is 3.30. The van der Waals surface area contributed by atoms with Crippen molar-refractivity contribution in [1.82, 2.24) is 14.2 Å². The Morgan fingerprint density at radius 2 is 1.54 bits per heavy atom. The first kappa shape index (κ1) is 19.6. The van der Waals surface area contributed by atoms with Crippen LogP contribution in [0.1, 0.15) is 44.9 Å². The second kappa shape index (κ2) is 8.37. The summed E-state index contributed by atoms with van der Waals surface area (Å²) in [5.74, 6) is 1.23. The largest absolute Gasteiger partial charge is 0.357 e. The molecule has 0 spiro atoms. The fourth-order valence-corrected chi connectivity index (χ4v) is 5.98. The number of aromatic nitrogens is 1. The Balaban J connectivity index is 1.35. The van der Waals surface area contributed by atoms with Gasteiger partial charge in [-0.25, -0.2) is 13.4 Å². The lowest BCUT2D eigenvalue weighted by Gasteiger charge is -2.36. The van der Waals surface area contributed by atoms with Gasteiger partial charge < -0.3 is 9.80 Å². The number of sulfonamides is 1. The average molecular weight is 407 g/mol. The molecule has 0 unspecified atom stereocenters. The molecule has 0 radical (unpaired) electrons. The lowest BCUT2D eigenvalue weighted by molar-refractivity contribution is -0.137. The number of hydrogen-bond acceptors (Lipinski definition) is 5. The summed E-state index contributed by atoms with van der Waals surface area (Å²) in [7, 11) is -3.42. The molecule has 0 atom stereocenters. The topological polar surface area (TPSA) is 73.8 Å². The lowest BCUT2D eigenvalue weighted by Crippen LogP contribution is -2.44. The van der Waals surface area contributed by atoms with E-state index in [-0.39, 0.29) is 10.8 Å². The van der Waals surface area contributed by atoms with Gasteiger partial charge in [-0.3, -0.25) is 4.79 Å². The van der Waals surface area contributed by atoms with E-state index in [0.717, 1.165) is 70.5 Å². The Kier molecular flexibility index (Phi) is 5.87. The van der Waals surface area contributed by atoms with Crippen LogP contribution in [0, 0.1) is 5.92 Å². The molecule has 0 N–H and O–H groups in total. The number of amides is 1. The van der Waals surface area contributed by atoms with Crippen molar-refractivity contribution >= 4 is 21.7 Å². The van der Waals surface area contributed by atoms with Crippen molar-refractivity contribution in [2.24, 2.45) is 5.92 Å². The standard InChI is InChI=1S/C20H30N4O3S/c25-20(23-10-2-1-3-11-23)17-8-14-22(15-9-17)19-7-6-18(16-21-19)28(26,27)24-12-4-5-13-24/h6-7,16-17H,1-5,8-15H2. The summed E-state index contributed by atoms with van der Waals surface area (Å²) < 4.78 is 26.8. The van der Waals surface area contributed by atoms with E-state index in [1.807, 2.05) is 4.90 Å². The lowest BCUT2D eigenvalue weighted by atomic mass is 9.94. The molecular formula is C20H30N4O3S. The van der Waals surface area contributed by atoms with Gasteiger partial charge in [-0.1, -0.05) is 0 Å². The van der Waals surface area contributed by atoms with Crippen molar-refractivity contribution in [1.29, 1.82) is 0 Å². The number of pyridine rings is 1. The summed E-state index contributed by atoms with van der Waals surface area (Å²) in [4.78, 5) is 21.6. The van der Waals surface area contributed by atoms with Gasteiger partial charge in [0, 0.05) is 51.4 Å². The van der Waals surface area contributed by atoms with Crippen LogP contribution in [0.15, 0.2) is 23.2 Å². The summed E-state index contributed by atoms with van der Waals surface area (Å²) in [6, 6.07) is 3.47. The monoisotopic (exact) mass is 406 g/mol.